The minimum atomic E-state index is 0.373. The van der Waals surface area contributed by atoms with Gasteiger partial charge in [0.05, 0.1) is 11.3 Å². The molecule has 0 bridgehead atoms. The lowest BCUT2D eigenvalue weighted by molar-refractivity contribution is 0.199. The number of benzene rings is 1. The molecule has 0 aliphatic carbocycles. The highest BCUT2D eigenvalue weighted by molar-refractivity contribution is 6.30. The van der Waals surface area contributed by atoms with Crippen LogP contribution in [-0.2, 0) is 0 Å². The first-order valence-electron chi connectivity index (χ1n) is 6.86. The van der Waals surface area contributed by atoms with Crippen LogP contribution in [0.25, 0.3) is 0 Å². The predicted octanol–water partition coefficient (Wildman–Crippen LogP) is 4.47. The minimum absolute atomic E-state index is 0.373. The number of hydrogen-bond donors (Lipinski definition) is 0. The Labute approximate surface area is 121 Å². The maximum absolute atomic E-state index is 9.20. The zero-order valence-electron chi connectivity index (χ0n) is 11.9. The molecule has 1 fully saturated rings. The molecule has 1 saturated heterocycles. The molecule has 1 aliphatic heterocycles. The lowest BCUT2D eigenvalue weighted by Crippen LogP contribution is -2.38. The predicted molar refractivity (Wildman–Crippen MR) is 80.6 cm³/mol. The van der Waals surface area contributed by atoms with Crippen LogP contribution < -0.4 is 4.90 Å². The lowest BCUT2D eigenvalue weighted by Gasteiger charge is -2.40. The Morgan fingerprint density at radius 3 is 2.42 bits per heavy atom. The number of piperidine rings is 1. The fourth-order valence-corrected chi connectivity index (χ4v) is 3.01. The van der Waals surface area contributed by atoms with Gasteiger partial charge in [0, 0.05) is 18.1 Å². The Morgan fingerprint density at radius 2 is 1.89 bits per heavy atom. The van der Waals surface area contributed by atoms with Crippen molar-refractivity contribution in [1.82, 2.24) is 0 Å². The first-order valence-corrected chi connectivity index (χ1v) is 7.24. The largest absolute Gasteiger partial charge is 0.370 e. The van der Waals surface area contributed by atoms with Crippen LogP contribution in [0.1, 0.15) is 39.2 Å². The fraction of sp³-hybridized carbons (Fsp3) is 0.562. The van der Waals surface area contributed by atoms with Gasteiger partial charge in [0.25, 0.3) is 0 Å². The van der Waals surface area contributed by atoms with Crippen LogP contribution in [0.4, 0.5) is 5.69 Å². The lowest BCUT2D eigenvalue weighted by atomic mass is 9.75. The number of hydrogen-bond acceptors (Lipinski definition) is 2. The van der Waals surface area contributed by atoms with Crippen LogP contribution >= 0.6 is 11.6 Å². The van der Waals surface area contributed by atoms with Crippen molar-refractivity contribution in [3.05, 3.63) is 28.8 Å². The van der Waals surface area contributed by atoms with Crippen LogP contribution in [-0.4, -0.2) is 13.1 Å². The minimum Gasteiger partial charge on any atom is -0.370 e. The van der Waals surface area contributed by atoms with E-state index < -0.39 is 0 Å². The van der Waals surface area contributed by atoms with Crippen LogP contribution in [0.15, 0.2) is 18.2 Å². The van der Waals surface area contributed by atoms with E-state index in [1.807, 2.05) is 12.1 Å². The van der Waals surface area contributed by atoms with E-state index in [0.29, 0.717) is 10.4 Å². The summed E-state index contributed by atoms with van der Waals surface area (Å²) in [6.45, 7) is 8.96. The first-order chi connectivity index (χ1) is 8.91. The van der Waals surface area contributed by atoms with Crippen molar-refractivity contribution in [2.45, 2.75) is 33.6 Å². The van der Waals surface area contributed by atoms with E-state index in [-0.39, 0.29) is 0 Å². The van der Waals surface area contributed by atoms with Crippen molar-refractivity contribution >= 4 is 17.3 Å². The molecule has 3 heteroatoms. The Balaban J connectivity index is 2.14. The Hall–Kier alpha value is -1.20. The summed E-state index contributed by atoms with van der Waals surface area (Å²) in [5, 5.41) is 9.90. The van der Waals surface area contributed by atoms with Crippen LogP contribution in [0, 0.1) is 22.7 Å². The van der Waals surface area contributed by atoms with Crippen LogP contribution in [0.5, 0.6) is 0 Å². The van der Waals surface area contributed by atoms with Gasteiger partial charge in [-0.2, -0.15) is 5.26 Å². The molecule has 0 aromatic heterocycles. The molecule has 0 radical (unpaired) electrons. The highest BCUT2D eigenvalue weighted by atomic mass is 35.5. The molecule has 1 aliphatic rings. The summed E-state index contributed by atoms with van der Waals surface area (Å²) in [7, 11) is 0. The summed E-state index contributed by atoms with van der Waals surface area (Å²) < 4.78 is 0. The smallest absolute Gasteiger partial charge is 0.101 e. The zero-order chi connectivity index (χ0) is 14.0. The SMILES string of the molecule is CC(C)(C)C1CCN(c2cc(Cl)ccc2C#N)CC1. The second-order valence-corrected chi connectivity index (χ2v) is 6.84. The monoisotopic (exact) mass is 276 g/mol. The average molecular weight is 277 g/mol. The van der Waals surface area contributed by atoms with Gasteiger partial charge in [0.2, 0.25) is 0 Å². The van der Waals surface area contributed by atoms with Crippen LogP contribution in [0.2, 0.25) is 5.02 Å². The Bertz CT molecular complexity index is 488. The Kier molecular flexibility index (Phi) is 4.06. The molecule has 1 aromatic carbocycles. The molecule has 0 N–H and O–H groups in total. The molecule has 1 aromatic rings. The van der Waals surface area contributed by atoms with Gasteiger partial charge in [0.15, 0.2) is 0 Å². The maximum atomic E-state index is 9.20. The average Bonchev–Trinajstić information content (AvgIpc) is 2.38. The van der Waals surface area contributed by atoms with Gasteiger partial charge in [-0.1, -0.05) is 32.4 Å². The molecule has 2 rings (SSSR count). The maximum Gasteiger partial charge on any atom is 0.101 e. The summed E-state index contributed by atoms with van der Waals surface area (Å²) in [5.41, 5.74) is 2.08. The Morgan fingerprint density at radius 1 is 1.26 bits per heavy atom. The molecule has 0 unspecified atom stereocenters. The number of anilines is 1. The molecule has 0 saturated carbocycles. The number of nitriles is 1. The first kappa shape index (κ1) is 14.2. The molecule has 19 heavy (non-hydrogen) atoms. The van der Waals surface area contributed by atoms with E-state index in [1.54, 1.807) is 6.07 Å². The highest BCUT2D eigenvalue weighted by Crippen LogP contribution is 2.36. The van der Waals surface area contributed by atoms with Crippen molar-refractivity contribution < 1.29 is 0 Å². The van der Waals surface area contributed by atoms with Gasteiger partial charge < -0.3 is 4.90 Å². The molecule has 2 nitrogen and oxygen atoms in total. The summed E-state index contributed by atoms with van der Waals surface area (Å²) in [6, 6.07) is 7.77. The molecule has 0 spiro atoms. The molecule has 1 heterocycles. The van der Waals surface area contributed by atoms with Gasteiger partial charge >= 0.3 is 0 Å². The standard InChI is InChI=1S/C16H21ClN2/c1-16(2,3)13-6-8-19(9-7-13)15-10-14(17)5-4-12(15)11-18/h4-5,10,13H,6-9H2,1-3H3. The summed E-state index contributed by atoms with van der Waals surface area (Å²) in [6.07, 6.45) is 2.36. The van der Waals surface area contributed by atoms with Gasteiger partial charge in [-0.25, -0.2) is 0 Å². The van der Waals surface area contributed by atoms with Gasteiger partial charge in [-0.05, 0) is 42.4 Å². The van der Waals surface area contributed by atoms with Crippen LogP contribution in [0.3, 0.4) is 0 Å². The normalized spacial score (nSPS) is 17.3. The molecule has 0 atom stereocenters. The second kappa shape index (κ2) is 5.43. The second-order valence-electron chi connectivity index (χ2n) is 6.40. The van der Waals surface area contributed by atoms with Gasteiger partial charge in [-0.3, -0.25) is 0 Å². The number of nitrogens with zero attached hydrogens (tertiary/aromatic N) is 2. The van der Waals surface area contributed by atoms with Crippen molar-refractivity contribution in [1.29, 1.82) is 5.26 Å². The quantitative estimate of drug-likeness (QED) is 0.756. The van der Waals surface area contributed by atoms with E-state index in [1.165, 1.54) is 12.8 Å². The molecular formula is C16H21ClN2. The fourth-order valence-electron chi connectivity index (χ4n) is 2.85. The highest BCUT2D eigenvalue weighted by Gasteiger charge is 2.29. The summed E-state index contributed by atoms with van der Waals surface area (Å²) in [5.74, 6) is 0.758. The number of rotatable bonds is 1. The van der Waals surface area contributed by atoms with E-state index in [9.17, 15) is 5.26 Å². The van der Waals surface area contributed by atoms with Crippen molar-refractivity contribution in [3.63, 3.8) is 0 Å². The van der Waals surface area contributed by atoms with E-state index in [0.717, 1.165) is 30.3 Å². The van der Waals surface area contributed by atoms with Crippen molar-refractivity contribution in [2.75, 3.05) is 18.0 Å². The molecule has 0 amide bonds. The van der Waals surface area contributed by atoms with E-state index in [4.69, 9.17) is 11.6 Å². The van der Waals surface area contributed by atoms with Gasteiger partial charge in [-0.15, -0.1) is 0 Å². The van der Waals surface area contributed by atoms with Crippen molar-refractivity contribution in [3.8, 4) is 6.07 Å². The van der Waals surface area contributed by atoms with E-state index >= 15 is 0 Å². The summed E-state index contributed by atoms with van der Waals surface area (Å²) in [4.78, 5) is 2.30. The molecular weight excluding hydrogens is 256 g/mol. The zero-order valence-corrected chi connectivity index (χ0v) is 12.7. The third-order valence-corrected chi connectivity index (χ3v) is 4.38. The third-order valence-electron chi connectivity index (χ3n) is 4.14. The summed E-state index contributed by atoms with van der Waals surface area (Å²) >= 11 is 6.06. The number of halogens is 1. The van der Waals surface area contributed by atoms with Crippen molar-refractivity contribution in [2.24, 2.45) is 11.3 Å². The van der Waals surface area contributed by atoms with Gasteiger partial charge in [0.1, 0.15) is 6.07 Å². The van der Waals surface area contributed by atoms with E-state index in [2.05, 4.69) is 31.7 Å². The third kappa shape index (κ3) is 3.22. The molecule has 102 valence electrons. The topological polar surface area (TPSA) is 27.0 Å².